The van der Waals surface area contributed by atoms with Crippen molar-refractivity contribution < 1.29 is 124 Å². The summed E-state index contributed by atoms with van der Waals surface area (Å²) in [5, 5.41) is 165. The molecule has 0 aromatic rings. The van der Waals surface area contributed by atoms with Crippen molar-refractivity contribution in [2.24, 2.45) is 0 Å². The van der Waals surface area contributed by atoms with E-state index in [9.17, 15) is 81.7 Å². The molecular weight excluding hydrogens is 748 g/mol. The van der Waals surface area contributed by atoms with Crippen LogP contribution >= 0.6 is 0 Å². The van der Waals surface area contributed by atoms with Crippen LogP contribution in [0.15, 0.2) is 0 Å². The lowest BCUT2D eigenvalue weighted by atomic mass is 9.96. The van der Waals surface area contributed by atoms with Gasteiger partial charge in [-0.2, -0.15) is 0 Å². The quantitative estimate of drug-likeness (QED) is 0.0822. The van der Waals surface area contributed by atoms with E-state index in [1.54, 1.807) is 0 Å². The minimum atomic E-state index is -2.09. The van der Waals surface area contributed by atoms with Crippen molar-refractivity contribution >= 4 is 0 Å². The van der Waals surface area contributed by atoms with E-state index in [1.807, 2.05) is 0 Å². The summed E-state index contributed by atoms with van der Waals surface area (Å²) in [5.41, 5.74) is 0. The van der Waals surface area contributed by atoms with E-state index in [0.717, 1.165) is 0 Å². The minimum Gasteiger partial charge on any atom is -0.394 e. The van der Waals surface area contributed by atoms with Gasteiger partial charge in [0.05, 0.1) is 33.0 Å². The van der Waals surface area contributed by atoms with Gasteiger partial charge < -0.3 is 124 Å². The van der Waals surface area contributed by atoms with Crippen LogP contribution < -0.4 is 0 Å². The number of aliphatic hydroxyl groups is 16. The number of ether oxygens (including phenoxy) is 9. The summed E-state index contributed by atoms with van der Waals surface area (Å²) in [7, 11) is 0. The van der Waals surface area contributed by atoms with Crippen molar-refractivity contribution in [1.82, 2.24) is 0 Å². The third kappa shape index (κ3) is 8.85. The summed E-state index contributed by atoms with van der Waals surface area (Å²) in [6.07, 6.45) is -43.0. The molecule has 0 radical (unpaired) electrons. The van der Waals surface area contributed by atoms with Crippen LogP contribution in [0.3, 0.4) is 0 Å². The van der Waals surface area contributed by atoms with Crippen molar-refractivity contribution in [3.63, 3.8) is 0 Å². The molecule has 0 aliphatic carbocycles. The maximum absolute atomic E-state index is 11.1. The first-order valence-corrected chi connectivity index (χ1v) is 17.0. The highest BCUT2D eigenvalue weighted by Crippen LogP contribution is 2.34. The normalized spacial score (nSPS) is 53.1. The van der Waals surface area contributed by atoms with Gasteiger partial charge in [-0.3, -0.25) is 0 Å². The minimum absolute atomic E-state index is 0.745. The van der Waals surface area contributed by atoms with Gasteiger partial charge in [0, 0.05) is 0 Å². The fourth-order valence-corrected chi connectivity index (χ4v) is 6.66. The molecule has 0 aromatic heterocycles. The average molecular weight is 799 g/mol. The molecule has 5 fully saturated rings. The van der Waals surface area contributed by atoms with Gasteiger partial charge in [0.25, 0.3) is 0 Å². The molecule has 0 unspecified atom stereocenters. The molecule has 0 bridgehead atoms. The lowest BCUT2D eigenvalue weighted by Gasteiger charge is -2.47. The third-order valence-electron chi connectivity index (χ3n) is 9.96. The standard InChI is InChI=1S/C29H50O25/c30-1-6-11(34)16(39)21(44)27(48-6)52-22-17(40)15(38)10(47-25(22)45)5-46-28-23(18(41)12(35)7(2-31)50-28)54-29-24(19(42)13(36)8(3-32)51-29)53-26-20(43)14(37)9(4-33)49-26/h6-45H,1-5H2/t6-,7-,8-,9+,10-,11-,12-,13-,14+,15-,16+,17+,18+,19+,20-,21+,22+,23+,24+,25+,26+,27-,28+,29-/m1/s1. The number of rotatable bonds is 13. The first kappa shape index (κ1) is 44.1. The Hall–Kier alpha value is -1.00. The van der Waals surface area contributed by atoms with E-state index >= 15 is 0 Å². The molecule has 0 aromatic carbocycles. The highest BCUT2D eigenvalue weighted by Gasteiger charge is 2.55. The fraction of sp³-hybridized carbons (Fsp3) is 1.00. The monoisotopic (exact) mass is 798 g/mol. The van der Waals surface area contributed by atoms with Gasteiger partial charge in [0.2, 0.25) is 0 Å². The lowest BCUT2D eigenvalue weighted by molar-refractivity contribution is -0.387. The van der Waals surface area contributed by atoms with Gasteiger partial charge in [-0.05, 0) is 0 Å². The number of hydrogen-bond donors (Lipinski definition) is 16. The summed E-state index contributed by atoms with van der Waals surface area (Å²) in [4.78, 5) is 0. The second kappa shape index (κ2) is 18.7. The Balaban J connectivity index is 1.29. The van der Waals surface area contributed by atoms with Crippen LogP contribution in [0.2, 0.25) is 0 Å². The van der Waals surface area contributed by atoms with Gasteiger partial charge >= 0.3 is 0 Å². The van der Waals surface area contributed by atoms with E-state index in [2.05, 4.69) is 0 Å². The highest BCUT2D eigenvalue weighted by atomic mass is 16.8. The molecule has 316 valence electrons. The summed E-state index contributed by atoms with van der Waals surface area (Å²) in [6.45, 7) is -4.13. The first-order chi connectivity index (χ1) is 25.6. The smallest absolute Gasteiger partial charge is 0.187 e. The van der Waals surface area contributed by atoms with Crippen LogP contribution in [-0.4, -0.2) is 262 Å². The first-order valence-electron chi connectivity index (χ1n) is 17.0. The van der Waals surface area contributed by atoms with Crippen molar-refractivity contribution in [2.45, 2.75) is 147 Å². The van der Waals surface area contributed by atoms with E-state index < -0.39 is 180 Å². The molecule has 5 heterocycles. The fourth-order valence-electron chi connectivity index (χ4n) is 6.66. The maximum Gasteiger partial charge on any atom is 0.187 e. The van der Waals surface area contributed by atoms with Crippen molar-refractivity contribution in [1.29, 1.82) is 0 Å². The molecule has 25 heteroatoms. The number of aliphatic hydroxyl groups excluding tert-OH is 16. The molecule has 25 nitrogen and oxygen atoms in total. The van der Waals surface area contributed by atoms with E-state index in [-0.39, 0.29) is 0 Å². The highest BCUT2D eigenvalue weighted by molar-refractivity contribution is 4.97. The van der Waals surface area contributed by atoms with E-state index in [1.165, 1.54) is 0 Å². The maximum atomic E-state index is 11.1. The van der Waals surface area contributed by atoms with Crippen LogP contribution in [-0.2, 0) is 42.6 Å². The Morgan fingerprint density at radius 2 is 0.648 bits per heavy atom. The molecule has 5 aliphatic rings. The van der Waals surface area contributed by atoms with Crippen LogP contribution in [0.4, 0.5) is 0 Å². The summed E-state index contributed by atoms with van der Waals surface area (Å²) < 4.78 is 49.4. The zero-order valence-corrected chi connectivity index (χ0v) is 28.2. The van der Waals surface area contributed by atoms with Crippen molar-refractivity contribution in [3.8, 4) is 0 Å². The van der Waals surface area contributed by atoms with Crippen molar-refractivity contribution in [3.05, 3.63) is 0 Å². The summed E-state index contributed by atoms with van der Waals surface area (Å²) in [5.74, 6) is 0. The Morgan fingerprint density at radius 1 is 0.315 bits per heavy atom. The van der Waals surface area contributed by atoms with Gasteiger partial charge in [-0.1, -0.05) is 0 Å². The molecule has 54 heavy (non-hydrogen) atoms. The molecule has 24 atom stereocenters. The molecule has 5 aliphatic heterocycles. The molecule has 16 N–H and O–H groups in total. The molecule has 0 amide bonds. The molecular formula is C29H50O25. The predicted molar refractivity (Wildman–Crippen MR) is 161 cm³/mol. The molecule has 0 spiro atoms. The Labute approximate surface area is 305 Å². The second-order valence-electron chi connectivity index (χ2n) is 13.5. The van der Waals surface area contributed by atoms with Gasteiger partial charge in [-0.25, -0.2) is 0 Å². The van der Waals surface area contributed by atoms with Crippen LogP contribution in [0.1, 0.15) is 0 Å². The van der Waals surface area contributed by atoms with Crippen LogP contribution in [0.5, 0.6) is 0 Å². The molecule has 0 saturated carbocycles. The zero-order valence-electron chi connectivity index (χ0n) is 28.2. The van der Waals surface area contributed by atoms with Gasteiger partial charge in [-0.15, -0.1) is 0 Å². The summed E-state index contributed by atoms with van der Waals surface area (Å²) >= 11 is 0. The molecule has 5 rings (SSSR count). The predicted octanol–water partition coefficient (Wildman–Crippen LogP) is -11.3. The van der Waals surface area contributed by atoms with Crippen molar-refractivity contribution in [2.75, 3.05) is 33.0 Å². The van der Waals surface area contributed by atoms with Gasteiger partial charge in [0.15, 0.2) is 31.5 Å². The van der Waals surface area contributed by atoms with E-state index in [0.29, 0.717) is 0 Å². The largest absolute Gasteiger partial charge is 0.394 e. The SMILES string of the molecule is OC[C@@H]1O[C@@H](O[C@@H]2[C@@H](O[C@@H]3[C@@H](OC[C@H]4O[C@H](O)[C@@H](O[C@H]5O[C@H](CO)[C@@H](O)[C@H](O)[C@@H]5O)[C@@H](O)[C@@H]4O)O[C@H](CO)[C@@H](O)[C@@H]3O)O[C@H](CO)[C@@H](O)[C@@H]2O)[C@H](O)[C@H]1O. The van der Waals surface area contributed by atoms with Crippen LogP contribution in [0, 0.1) is 0 Å². The lowest BCUT2D eigenvalue weighted by Crippen LogP contribution is -2.66. The van der Waals surface area contributed by atoms with E-state index in [4.69, 9.17) is 42.6 Å². The third-order valence-corrected chi connectivity index (χ3v) is 9.96. The molecule has 5 saturated heterocycles. The Morgan fingerprint density at radius 3 is 1.15 bits per heavy atom. The van der Waals surface area contributed by atoms with Crippen LogP contribution in [0.25, 0.3) is 0 Å². The topological polar surface area (TPSA) is 407 Å². The number of hydrogen-bond acceptors (Lipinski definition) is 25. The second-order valence-corrected chi connectivity index (χ2v) is 13.5. The Bertz CT molecular complexity index is 1160. The average Bonchev–Trinajstić information content (AvgIpc) is 3.43. The Kier molecular flexibility index (Phi) is 15.3. The zero-order chi connectivity index (χ0) is 39.8. The summed E-state index contributed by atoms with van der Waals surface area (Å²) in [6, 6.07) is 0. The van der Waals surface area contributed by atoms with Gasteiger partial charge in [0.1, 0.15) is 116 Å².